The average Bonchev–Trinajstić information content (AvgIpc) is 2.61. The summed E-state index contributed by atoms with van der Waals surface area (Å²) in [6.07, 6.45) is 1.02. The van der Waals surface area contributed by atoms with Crippen molar-refractivity contribution in [1.82, 2.24) is 4.90 Å². The molecule has 0 radical (unpaired) electrons. The van der Waals surface area contributed by atoms with Crippen LogP contribution in [0.2, 0.25) is 0 Å². The van der Waals surface area contributed by atoms with Crippen LogP contribution in [0.3, 0.4) is 0 Å². The fraction of sp³-hybridized carbons (Fsp3) is 0.467. The molecule has 2 rings (SSSR count). The molecule has 0 aliphatic carbocycles. The summed E-state index contributed by atoms with van der Waals surface area (Å²) in [4.78, 5) is 24.4. The van der Waals surface area contributed by atoms with Crippen molar-refractivity contribution in [2.75, 3.05) is 19.7 Å². The number of aromatic hydroxyl groups is 1. The molecule has 1 aliphatic rings. The lowest BCUT2D eigenvalue weighted by Crippen LogP contribution is -2.33. The molecule has 1 aliphatic heterocycles. The molecule has 0 bridgehead atoms. The predicted octanol–water partition coefficient (Wildman–Crippen LogP) is 0.977. The maximum Gasteiger partial charge on any atom is 0.409 e. The molecular formula is C15H20N2O4. The van der Waals surface area contributed by atoms with Crippen molar-refractivity contribution in [2.24, 2.45) is 5.73 Å². The number of hydrogen-bond acceptors (Lipinski definition) is 4. The van der Waals surface area contributed by atoms with Gasteiger partial charge in [-0.25, -0.2) is 4.79 Å². The van der Waals surface area contributed by atoms with Gasteiger partial charge in [-0.05, 0) is 37.0 Å². The van der Waals surface area contributed by atoms with Gasteiger partial charge in [0, 0.05) is 18.7 Å². The first kappa shape index (κ1) is 15.2. The summed E-state index contributed by atoms with van der Waals surface area (Å²) in [6.45, 7) is 3.25. The third-order valence-electron chi connectivity index (χ3n) is 3.59. The van der Waals surface area contributed by atoms with E-state index in [4.69, 9.17) is 10.5 Å². The average molecular weight is 292 g/mol. The SMILES string of the molecule is CCOC(=O)N1CCc2cc(O)c(CC(N)=O)cc2CC1. The van der Waals surface area contributed by atoms with E-state index >= 15 is 0 Å². The Morgan fingerprint density at radius 1 is 1.29 bits per heavy atom. The van der Waals surface area contributed by atoms with Crippen molar-refractivity contribution in [1.29, 1.82) is 0 Å². The lowest BCUT2D eigenvalue weighted by molar-refractivity contribution is -0.117. The Bertz CT molecular complexity index is 557. The first-order valence-corrected chi connectivity index (χ1v) is 7.05. The van der Waals surface area contributed by atoms with Crippen molar-refractivity contribution in [3.05, 3.63) is 28.8 Å². The molecule has 0 atom stereocenters. The molecule has 0 saturated carbocycles. The number of fused-ring (bicyclic) bond motifs is 1. The molecule has 6 nitrogen and oxygen atoms in total. The van der Waals surface area contributed by atoms with E-state index in [9.17, 15) is 14.7 Å². The van der Waals surface area contributed by atoms with Gasteiger partial charge >= 0.3 is 6.09 Å². The summed E-state index contributed by atoms with van der Waals surface area (Å²) in [5.41, 5.74) is 7.74. The third kappa shape index (κ3) is 3.65. The van der Waals surface area contributed by atoms with Crippen LogP contribution in [-0.2, 0) is 28.8 Å². The molecule has 0 spiro atoms. The zero-order valence-corrected chi connectivity index (χ0v) is 12.1. The lowest BCUT2D eigenvalue weighted by atomic mass is 9.97. The quantitative estimate of drug-likeness (QED) is 0.868. The highest BCUT2D eigenvalue weighted by Gasteiger charge is 2.20. The van der Waals surface area contributed by atoms with Gasteiger partial charge in [-0.3, -0.25) is 4.79 Å². The van der Waals surface area contributed by atoms with Gasteiger partial charge in [-0.15, -0.1) is 0 Å². The van der Waals surface area contributed by atoms with Crippen LogP contribution in [0.25, 0.3) is 0 Å². The van der Waals surface area contributed by atoms with Gasteiger partial charge in [0.2, 0.25) is 5.91 Å². The molecule has 0 aromatic heterocycles. The van der Waals surface area contributed by atoms with Gasteiger partial charge in [-0.1, -0.05) is 6.07 Å². The van der Waals surface area contributed by atoms with Crippen LogP contribution in [-0.4, -0.2) is 41.7 Å². The molecule has 2 amide bonds. The van der Waals surface area contributed by atoms with E-state index in [1.807, 2.05) is 6.07 Å². The molecule has 3 N–H and O–H groups in total. The van der Waals surface area contributed by atoms with Gasteiger partial charge in [-0.2, -0.15) is 0 Å². The van der Waals surface area contributed by atoms with E-state index in [0.717, 1.165) is 11.1 Å². The van der Waals surface area contributed by atoms with Crippen LogP contribution in [0.15, 0.2) is 12.1 Å². The predicted molar refractivity (Wildman–Crippen MR) is 77.0 cm³/mol. The Kier molecular flexibility index (Phi) is 4.67. The third-order valence-corrected chi connectivity index (χ3v) is 3.59. The number of phenols is 1. The Morgan fingerprint density at radius 3 is 2.48 bits per heavy atom. The fourth-order valence-electron chi connectivity index (χ4n) is 2.54. The summed E-state index contributed by atoms with van der Waals surface area (Å²) in [7, 11) is 0. The summed E-state index contributed by atoms with van der Waals surface area (Å²) >= 11 is 0. The van der Waals surface area contributed by atoms with Crippen LogP contribution in [0, 0.1) is 0 Å². The maximum absolute atomic E-state index is 11.8. The number of carbonyl (C=O) groups excluding carboxylic acids is 2. The molecule has 1 aromatic rings. The van der Waals surface area contributed by atoms with Crippen molar-refractivity contribution < 1.29 is 19.4 Å². The largest absolute Gasteiger partial charge is 0.508 e. The van der Waals surface area contributed by atoms with E-state index in [-0.39, 0.29) is 18.3 Å². The smallest absolute Gasteiger partial charge is 0.409 e. The number of hydrogen-bond donors (Lipinski definition) is 2. The van der Waals surface area contributed by atoms with Crippen LogP contribution in [0.5, 0.6) is 5.75 Å². The van der Waals surface area contributed by atoms with E-state index in [1.165, 1.54) is 0 Å². The van der Waals surface area contributed by atoms with Gasteiger partial charge in [0.1, 0.15) is 5.75 Å². The van der Waals surface area contributed by atoms with Crippen molar-refractivity contribution in [2.45, 2.75) is 26.2 Å². The van der Waals surface area contributed by atoms with E-state index < -0.39 is 5.91 Å². The van der Waals surface area contributed by atoms with Crippen molar-refractivity contribution in [3.63, 3.8) is 0 Å². The van der Waals surface area contributed by atoms with E-state index in [2.05, 4.69) is 0 Å². The van der Waals surface area contributed by atoms with Crippen LogP contribution in [0.1, 0.15) is 23.6 Å². The number of ether oxygens (including phenoxy) is 1. The molecule has 0 fully saturated rings. The molecule has 1 heterocycles. The van der Waals surface area contributed by atoms with E-state index in [0.29, 0.717) is 38.1 Å². The van der Waals surface area contributed by atoms with E-state index in [1.54, 1.807) is 17.9 Å². The maximum atomic E-state index is 11.8. The zero-order valence-electron chi connectivity index (χ0n) is 12.1. The number of nitrogens with zero attached hydrogens (tertiary/aromatic N) is 1. The molecular weight excluding hydrogens is 272 g/mol. The zero-order chi connectivity index (χ0) is 15.4. The second-order valence-corrected chi connectivity index (χ2v) is 5.08. The highest BCUT2D eigenvalue weighted by Crippen LogP contribution is 2.26. The molecule has 0 unspecified atom stereocenters. The monoisotopic (exact) mass is 292 g/mol. The first-order valence-electron chi connectivity index (χ1n) is 7.05. The molecule has 1 aromatic carbocycles. The highest BCUT2D eigenvalue weighted by molar-refractivity contribution is 5.77. The van der Waals surface area contributed by atoms with Gasteiger partial charge in [0.05, 0.1) is 13.0 Å². The Balaban J connectivity index is 2.17. The summed E-state index contributed by atoms with van der Waals surface area (Å²) in [6, 6.07) is 3.48. The molecule has 6 heteroatoms. The minimum Gasteiger partial charge on any atom is -0.508 e. The minimum absolute atomic E-state index is 0.0146. The summed E-state index contributed by atoms with van der Waals surface area (Å²) in [5.74, 6) is -0.399. The second kappa shape index (κ2) is 6.47. The van der Waals surface area contributed by atoms with Gasteiger partial charge in [0.25, 0.3) is 0 Å². The lowest BCUT2D eigenvalue weighted by Gasteiger charge is -2.18. The Hall–Kier alpha value is -2.24. The van der Waals surface area contributed by atoms with Crippen molar-refractivity contribution in [3.8, 4) is 5.75 Å². The summed E-state index contributed by atoms with van der Waals surface area (Å²) < 4.78 is 5.01. The minimum atomic E-state index is -0.480. The molecule has 114 valence electrons. The first-order chi connectivity index (χ1) is 10.0. The number of primary amides is 1. The topological polar surface area (TPSA) is 92.9 Å². The number of benzene rings is 1. The van der Waals surface area contributed by atoms with Crippen LogP contribution in [0.4, 0.5) is 4.79 Å². The normalized spacial score (nSPS) is 14.2. The number of rotatable bonds is 3. The van der Waals surface area contributed by atoms with Gasteiger partial charge in [0.15, 0.2) is 0 Å². The number of carbonyl (C=O) groups is 2. The van der Waals surface area contributed by atoms with Crippen molar-refractivity contribution >= 4 is 12.0 Å². The summed E-state index contributed by atoms with van der Waals surface area (Å²) in [5, 5.41) is 9.95. The van der Waals surface area contributed by atoms with Crippen LogP contribution >= 0.6 is 0 Å². The molecule has 21 heavy (non-hydrogen) atoms. The number of phenolic OH excluding ortho intramolecular Hbond substituents is 1. The number of nitrogens with two attached hydrogens (primary N) is 1. The van der Waals surface area contributed by atoms with Crippen LogP contribution < -0.4 is 5.73 Å². The highest BCUT2D eigenvalue weighted by atomic mass is 16.6. The second-order valence-electron chi connectivity index (χ2n) is 5.08. The van der Waals surface area contributed by atoms with Gasteiger partial charge < -0.3 is 20.5 Å². The Morgan fingerprint density at radius 2 is 1.90 bits per heavy atom. The fourth-order valence-corrected chi connectivity index (χ4v) is 2.54. The standard InChI is InChI=1S/C15H20N2O4/c1-2-21-15(20)17-5-3-10-7-12(9-14(16)19)13(18)8-11(10)4-6-17/h7-8,18H,2-6,9H2,1H3,(H2,16,19). The molecule has 0 saturated heterocycles. The number of amides is 2. The Labute approximate surface area is 123 Å².